The van der Waals surface area contributed by atoms with Gasteiger partial charge in [0.1, 0.15) is 0 Å². The Labute approximate surface area is 101 Å². The minimum Gasteiger partial charge on any atom is -0.504 e. The van der Waals surface area contributed by atoms with Gasteiger partial charge in [0.2, 0.25) is 0 Å². The Bertz CT molecular complexity index is 366. The molecule has 0 aromatic heterocycles. The highest BCUT2D eigenvalue weighted by molar-refractivity contribution is 5.45. The fourth-order valence-corrected chi connectivity index (χ4v) is 1.40. The first-order chi connectivity index (χ1) is 8.00. The molecule has 1 atom stereocenters. The number of methoxy groups -OCH3 is 1. The minimum atomic E-state index is -1.16. The zero-order valence-electron chi connectivity index (χ0n) is 10.1. The Morgan fingerprint density at radius 2 is 2.12 bits per heavy atom. The molecule has 1 rings (SSSR count). The number of hydrogen-bond donors (Lipinski definition) is 4. The van der Waals surface area contributed by atoms with Gasteiger partial charge in [-0.05, 0) is 13.0 Å². The Morgan fingerprint density at radius 3 is 2.71 bits per heavy atom. The van der Waals surface area contributed by atoms with Crippen LogP contribution in [0, 0.1) is 0 Å². The van der Waals surface area contributed by atoms with E-state index >= 15 is 0 Å². The van der Waals surface area contributed by atoms with Crippen LogP contribution in [0.25, 0.3) is 0 Å². The van der Waals surface area contributed by atoms with Gasteiger partial charge in [0.05, 0.1) is 19.3 Å². The number of para-hydroxylation sites is 1. The third kappa shape index (κ3) is 3.89. The topological polar surface area (TPSA) is 82.0 Å². The second-order valence-corrected chi connectivity index (χ2v) is 4.23. The molecule has 1 aromatic carbocycles. The summed E-state index contributed by atoms with van der Waals surface area (Å²) < 4.78 is 4.99. The molecule has 0 saturated heterocycles. The monoisotopic (exact) mass is 241 g/mol. The van der Waals surface area contributed by atoms with Crippen LogP contribution in [0.15, 0.2) is 18.2 Å². The summed E-state index contributed by atoms with van der Waals surface area (Å²) in [6, 6.07) is 5.21. The van der Waals surface area contributed by atoms with Gasteiger partial charge in [-0.15, -0.1) is 0 Å². The Morgan fingerprint density at radius 1 is 1.41 bits per heavy atom. The van der Waals surface area contributed by atoms with Crippen molar-refractivity contribution in [2.45, 2.75) is 19.1 Å². The first kappa shape index (κ1) is 13.8. The van der Waals surface area contributed by atoms with Crippen molar-refractivity contribution in [2.24, 2.45) is 0 Å². The highest BCUT2D eigenvalue weighted by Crippen LogP contribution is 2.29. The molecule has 0 heterocycles. The van der Waals surface area contributed by atoms with Gasteiger partial charge in [0.25, 0.3) is 0 Å². The van der Waals surface area contributed by atoms with Crippen LogP contribution in [0.1, 0.15) is 12.5 Å². The number of benzene rings is 1. The van der Waals surface area contributed by atoms with Crippen molar-refractivity contribution in [2.75, 3.05) is 20.3 Å². The van der Waals surface area contributed by atoms with E-state index in [4.69, 9.17) is 9.84 Å². The lowest BCUT2D eigenvalue weighted by molar-refractivity contribution is 0.00250. The predicted octanol–water partition coefficient (Wildman–Crippen LogP) is 0.234. The maximum Gasteiger partial charge on any atom is 0.162 e. The number of phenolic OH excluding ortho intramolecular Hbond substituents is 1. The number of aliphatic hydroxyl groups excluding tert-OH is 1. The van der Waals surface area contributed by atoms with Gasteiger partial charge in [0.15, 0.2) is 11.5 Å². The molecule has 0 bridgehead atoms. The van der Waals surface area contributed by atoms with Crippen LogP contribution in [0.5, 0.6) is 11.5 Å². The van der Waals surface area contributed by atoms with Crippen LogP contribution < -0.4 is 10.1 Å². The van der Waals surface area contributed by atoms with E-state index in [0.29, 0.717) is 17.9 Å². The molecule has 0 aliphatic carbocycles. The number of aliphatic hydroxyl groups is 2. The van der Waals surface area contributed by atoms with E-state index in [1.807, 2.05) is 0 Å². The number of aromatic hydroxyl groups is 1. The van der Waals surface area contributed by atoms with Crippen molar-refractivity contribution in [3.05, 3.63) is 23.8 Å². The molecule has 4 N–H and O–H groups in total. The molecule has 0 aliphatic rings. The fourth-order valence-electron chi connectivity index (χ4n) is 1.40. The summed E-state index contributed by atoms with van der Waals surface area (Å²) in [7, 11) is 1.49. The summed E-state index contributed by atoms with van der Waals surface area (Å²) >= 11 is 0. The van der Waals surface area contributed by atoms with Gasteiger partial charge < -0.3 is 25.4 Å². The van der Waals surface area contributed by atoms with Crippen molar-refractivity contribution in [1.82, 2.24) is 5.32 Å². The normalized spacial score (nSPS) is 14.4. The van der Waals surface area contributed by atoms with E-state index in [2.05, 4.69) is 5.32 Å². The van der Waals surface area contributed by atoms with Crippen LogP contribution in [0.2, 0.25) is 0 Å². The molecule has 1 aromatic rings. The summed E-state index contributed by atoms with van der Waals surface area (Å²) in [6.45, 7) is 1.84. The largest absolute Gasteiger partial charge is 0.504 e. The molecule has 5 heteroatoms. The van der Waals surface area contributed by atoms with Crippen molar-refractivity contribution in [3.63, 3.8) is 0 Å². The average Bonchev–Trinajstić information content (AvgIpc) is 2.31. The lowest BCUT2D eigenvalue weighted by Gasteiger charge is -2.21. The third-order valence-corrected chi connectivity index (χ3v) is 2.46. The molecular formula is C12H19NO4. The average molecular weight is 241 g/mol. The highest BCUT2D eigenvalue weighted by Gasteiger charge is 2.18. The molecule has 0 amide bonds. The molecule has 0 saturated carbocycles. The molecule has 0 spiro atoms. The number of phenols is 1. The van der Waals surface area contributed by atoms with Crippen molar-refractivity contribution in [1.29, 1.82) is 0 Å². The quantitative estimate of drug-likeness (QED) is 0.573. The van der Waals surface area contributed by atoms with Crippen LogP contribution >= 0.6 is 0 Å². The zero-order chi connectivity index (χ0) is 12.9. The molecule has 0 aliphatic heterocycles. The number of nitrogens with one attached hydrogen (secondary N) is 1. The van der Waals surface area contributed by atoms with Gasteiger partial charge in [-0.1, -0.05) is 12.1 Å². The van der Waals surface area contributed by atoms with Crippen LogP contribution in [-0.4, -0.2) is 41.2 Å². The van der Waals surface area contributed by atoms with Gasteiger partial charge in [-0.25, -0.2) is 0 Å². The van der Waals surface area contributed by atoms with Crippen LogP contribution in [0.4, 0.5) is 0 Å². The number of hydrogen-bond acceptors (Lipinski definition) is 5. The highest BCUT2D eigenvalue weighted by atomic mass is 16.5. The lowest BCUT2D eigenvalue weighted by Crippen LogP contribution is -2.40. The van der Waals surface area contributed by atoms with Gasteiger partial charge in [-0.3, -0.25) is 0 Å². The van der Waals surface area contributed by atoms with E-state index in [9.17, 15) is 10.2 Å². The van der Waals surface area contributed by atoms with Gasteiger partial charge >= 0.3 is 0 Å². The second kappa shape index (κ2) is 5.86. The van der Waals surface area contributed by atoms with Gasteiger partial charge in [0, 0.05) is 18.7 Å². The predicted molar refractivity (Wildman–Crippen MR) is 64.1 cm³/mol. The molecule has 0 radical (unpaired) electrons. The van der Waals surface area contributed by atoms with E-state index in [-0.39, 0.29) is 18.9 Å². The SMILES string of the molecule is COc1cccc(CNCC(C)(O)CO)c1O. The van der Waals surface area contributed by atoms with Crippen molar-refractivity contribution < 1.29 is 20.1 Å². The van der Waals surface area contributed by atoms with Crippen LogP contribution in [0.3, 0.4) is 0 Å². The molecule has 17 heavy (non-hydrogen) atoms. The molecule has 96 valence electrons. The van der Waals surface area contributed by atoms with E-state index < -0.39 is 5.60 Å². The number of rotatable bonds is 6. The summed E-state index contributed by atoms with van der Waals surface area (Å²) in [5.74, 6) is 0.504. The van der Waals surface area contributed by atoms with E-state index in [1.165, 1.54) is 14.0 Å². The maximum atomic E-state index is 9.80. The van der Waals surface area contributed by atoms with E-state index in [0.717, 1.165) is 0 Å². The standard InChI is InChI=1S/C12H19NO4/c1-12(16,8-14)7-13-6-9-4-3-5-10(17-2)11(9)15/h3-5,13-16H,6-8H2,1-2H3. The third-order valence-electron chi connectivity index (χ3n) is 2.46. The Kier molecular flexibility index (Phi) is 4.74. The molecular weight excluding hydrogens is 222 g/mol. The first-order valence-electron chi connectivity index (χ1n) is 5.39. The van der Waals surface area contributed by atoms with Gasteiger partial charge in [-0.2, -0.15) is 0 Å². The van der Waals surface area contributed by atoms with E-state index in [1.54, 1.807) is 18.2 Å². The lowest BCUT2D eigenvalue weighted by atomic mass is 10.1. The summed E-state index contributed by atoms with van der Waals surface area (Å²) in [5, 5.41) is 31.2. The van der Waals surface area contributed by atoms with Crippen LogP contribution in [-0.2, 0) is 6.54 Å². The molecule has 1 unspecified atom stereocenters. The Hall–Kier alpha value is -1.30. The second-order valence-electron chi connectivity index (χ2n) is 4.23. The first-order valence-corrected chi connectivity index (χ1v) is 5.39. The molecule has 5 nitrogen and oxygen atoms in total. The summed E-state index contributed by atoms with van der Waals surface area (Å²) in [4.78, 5) is 0. The van der Waals surface area contributed by atoms with Crippen molar-refractivity contribution in [3.8, 4) is 11.5 Å². The fraction of sp³-hybridized carbons (Fsp3) is 0.500. The summed E-state index contributed by atoms with van der Waals surface area (Å²) in [6.07, 6.45) is 0. The summed E-state index contributed by atoms with van der Waals surface area (Å²) in [5.41, 5.74) is -0.479. The van der Waals surface area contributed by atoms with Crippen molar-refractivity contribution >= 4 is 0 Å². The zero-order valence-corrected chi connectivity index (χ0v) is 10.1. The smallest absolute Gasteiger partial charge is 0.162 e. The Balaban J connectivity index is 2.58. The minimum absolute atomic E-state index is 0.0890. The number of ether oxygens (including phenoxy) is 1. The molecule has 0 fully saturated rings. The maximum absolute atomic E-state index is 9.80.